The number of hydrogen-bond acceptors (Lipinski definition) is 6. The molecule has 1 aromatic heterocycles. The van der Waals surface area contributed by atoms with E-state index in [0.29, 0.717) is 28.3 Å². The number of nitrogens with two attached hydrogens (primary N) is 1. The molecule has 1 saturated carbocycles. The zero-order chi connectivity index (χ0) is 25.7. The lowest BCUT2D eigenvalue weighted by Crippen LogP contribution is -2.40. The number of amides is 1. The van der Waals surface area contributed by atoms with Crippen molar-refractivity contribution in [2.24, 2.45) is 11.1 Å². The van der Waals surface area contributed by atoms with Crippen molar-refractivity contribution in [2.45, 2.75) is 63.9 Å². The Kier molecular flexibility index (Phi) is 6.86. The molecular weight excluding hydrogens is 579 g/mol. The van der Waals surface area contributed by atoms with Crippen molar-refractivity contribution in [2.75, 3.05) is 36.0 Å². The summed E-state index contributed by atoms with van der Waals surface area (Å²) in [6, 6.07) is 5.37. The second-order valence-corrected chi connectivity index (χ2v) is 11.7. The number of hydrogen-bond donors (Lipinski definition) is 2. The van der Waals surface area contributed by atoms with Gasteiger partial charge in [-0.25, -0.2) is 18.7 Å². The molecule has 1 unspecified atom stereocenters. The molecule has 1 amide bonds. The Morgan fingerprint density at radius 1 is 1.08 bits per heavy atom. The molecule has 7 nitrogen and oxygen atoms in total. The summed E-state index contributed by atoms with van der Waals surface area (Å²) in [6.45, 7) is 3.88. The van der Waals surface area contributed by atoms with E-state index in [0.717, 1.165) is 40.8 Å². The predicted octanol–water partition coefficient (Wildman–Crippen LogP) is 4.38. The first-order valence-corrected chi connectivity index (χ1v) is 13.7. The van der Waals surface area contributed by atoms with E-state index in [1.54, 1.807) is 17.0 Å². The molecule has 2 aliphatic heterocycles. The summed E-state index contributed by atoms with van der Waals surface area (Å²) < 4.78 is 28.2. The maximum Gasteiger partial charge on any atom is 0.251 e. The van der Waals surface area contributed by atoms with Gasteiger partial charge in [-0.05, 0) is 84.4 Å². The van der Waals surface area contributed by atoms with Crippen LogP contribution in [-0.4, -0.2) is 53.1 Å². The smallest absolute Gasteiger partial charge is 0.251 e. The van der Waals surface area contributed by atoms with Crippen molar-refractivity contribution < 1.29 is 18.7 Å². The number of nitrogens with zero attached hydrogens (tertiary/aromatic N) is 4. The molecule has 2 aromatic rings. The van der Waals surface area contributed by atoms with E-state index in [9.17, 15) is 18.7 Å². The van der Waals surface area contributed by atoms with Crippen LogP contribution in [0.3, 0.4) is 0 Å². The molecule has 3 N–H and O–H groups in total. The number of alkyl halides is 2. The number of rotatable bonds is 6. The number of anilines is 2. The highest BCUT2D eigenvalue weighted by Crippen LogP contribution is 2.54. The monoisotopic (exact) mass is 611 g/mol. The van der Waals surface area contributed by atoms with E-state index in [-0.39, 0.29) is 32.4 Å². The SMILES string of the molecule is Cc1cc(C(O)Cc2c(I)ccc(C(N)=O)c2N2CCC3(CC2)CC3)nc(N2CCC(F)(F)CC2)n1. The average molecular weight is 611 g/mol. The van der Waals surface area contributed by atoms with Gasteiger partial charge in [0, 0.05) is 54.7 Å². The van der Waals surface area contributed by atoms with E-state index >= 15 is 0 Å². The maximum atomic E-state index is 13.6. The summed E-state index contributed by atoms with van der Waals surface area (Å²) in [5.41, 5.74) is 9.53. The molecule has 3 aliphatic rings. The predicted molar refractivity (Wildman–Crippen MR) is 143 cm³/mol. The average Bonchev–Trinajstić information content (AvgIpc) is 3.59. The van der Waals surface area contributed by atoms with Crippen LogP contribution in [0.15, 0.2) is 18.2 Å². The quantitative estimate of drug-likeness (QED) is 0.471. The summed E-state index contributed by atoms with van der Waals surface area (Å²) in [7, 11) is 0. The minimum absolute atomic E-state index is 0.172. The first-order valence-electron chi connectivity index (χ1n) is 12.6. The molecule has 3 heterocycles. The van der Waals surface area contributed by atoms with Crippen LogP contribution in [0, 0.1) is 15.9 Å². The first kappa shape index (κ1) is 25.6. The van der Waals surface area contributed by atoms with Gasteiger partial charge < -0.3 is 20.6 Å². The molecule has 10 heteroatoms. The van der Waals surface area contributed by atoms with Crippen molar-refractivity contribution in [3.63, 3.8) is 0 Å². The van der Waals surface area contributed by atoms with Crippen LogP contribution in [0.1, 0.15) is 71.9 Å². The number of carbonyl (C=O) groups excluding carboxylic acids is 1. The number of aryl methyl sites for hydroxylation is 1. The Balaban J connectivity index is 1.42. The fourth-order valence-electron chi connectivity index (χ4n) is 5.47. The van der Waals surface area contributed by atoms with Crippen molar-refractivity contribution in [1.82, 2.24) is 9.97 Å². The second kappa shape index (κ2) is 9.66. The van der Waals surface area contributed by atoms with Crippen LogP contribution >= 0.6 is 22.6 Å². The first-order chi connectivity index (χ1) is 17.1. The summed E-state index contributed by atoms with van der Waals surface area (Å²) in [6.07, 6.45) is 3.60. The van der Waals surface area contributed by atoms with Gasteiger partial charge in [0.05, 0.1) is 16.9 Å². The van der Waals surface area contributed by atoms with Crippen LogP contribution in [-0.2, 0) is 6.42 Å². The topological polar surface area (TPSA) is 95.6 Å². The van der Waals surface area contributed by atoms with E-state index < -0.39 is 17.9 Å². The number of halogens is 3. The minimum atomic E-state index is -2.66. The summed E-state index contributed by atoms with van der Waals surface area (Å²) >= 11 is 2.24. The highest BCUT2D eigenvalue weighted by atomic mass is 127. The van der Waals surface area contributed by atoms with Gasteiger partial charge in [0.15, 0.2) is 0 Å². The van der Waals surface area contributed by atoms with Crippen LogP contribution < -0.4 is 15.5 Å². The lowest BCUT2D eigenvalue weighted by molar-refractivity contribution is -0.0222. The zero-order valence-corrected chi connectivity index (χ0v) is 22.6. The van der Waals surface area contributed by atoms with E-state index in [1.165, 1.54) is 12.8 Å². The molecule has 3 fully saturated rings. The number of aromatic nitrogens is 2. The van der Waals surface area contributed by atoms with Gasteiger partial charge in [-0.3, -0.25) is 4.79 Å². The fourth-order valence-corrected chi connectivity index (χ4v) is 6.12. The number of aliphatic hydroxyl groups excluding tert-OH is 1. The molecule has 194 valence electrons. The number of benzene rings is 1. The largest absolute Gasteiger partial charge is 0.386 e. The van der Waals surface area contributed by atoms with Gasteiger partial charge in [0.2, 0.25) is 5.95 Å². The van der Waals surface area contributed by atoms with Crippen LogP contribution in [0.2, 0.25) is 0 Å². The Morgan fingerprint density at radius 2 is 1.72 bits per heavy atom. The third-order valence-electron chi connectivity index (χ3n) is 7.97. The van der Waals surface area contributed by atoms with E-state index in [2.05, 4.69) is 37.5 Å². The number of carbonyl (C=O) groups is 1. The molecule has 1 aromatic carbocycles. The van der Waals surface area contributed by atoms with Gasteiger partial charge in [0.1, 0.15) is 6.10 Å². The van der Waals surface area contributed by atoms with Crippen LogP contribution in [0.4, 0.5) is 20.4 Å². The number of piperidine rings is 2. The molecule has 1 atom stereocenters. The van der Waals surface area contributed by atoms with Crippen molar-refractivity contribution in [3.05, 3.63) is 44.3 Å². The summed E-state index contributed by atoms with van der Waals surface area (Å²) in [5.74, 6) is -2.77. The molecule has 5 rings (SSSR count). The van der Waals surface area contributed by atoms with Crippen LogP contribution in [0.25, 0.3) is 0 Å². The Labute approximate surface area is 223 Å². The third-order valence-corrected chi connectivity index (χ3v) is 8.98. The maximum absolute atomic E-state index is 13.6. The lowest BCUT2D eigenvalue weighted by Gasteiger charge is -2.36. The standard InChI is InChI=1S/C26H32F2IN5O2/c1-16-14-20(32-24(31-16)34-12-8-26(27,28)9-13-34)21(35)15-18-19(29)3-2-17(23(30)36)22(18)33-10-6-25(4-5-25)7-11-33/h2-3,14,21,35H,4-13,15H2,1H3,(H2,30,36). The van der Waals surface area contributed by atoms with Crippen molar-refractivity contribution in [1.29, 1.82) is 0 Å². The van der Waals surface area contributed by atoms with Crippen molar-refractivity contribution in [3.8, 4) is 0 Å². The van der Waals surface area contributed by atoms with E-state index in [1.807, 2.05) is 13.0 Å². The highest BCUT2D eigenvalue weighted by molar-refractivity contribution is 14.1. The highest BCUT2D eigenvalue weighted by Gasteiger charge is 2.45. The Morgan fingerprint density at radius 3 is 2.33 bits per heavy atom. The molecule has 36 heavy (non-hydrogen) atoms. The van der Waals surface area contributed by atoms with Gasteiger partial charge in [-0.15, -0.1) is 0 Å². The minimum Gasteiger partial charge on any atom is -0.386 e. The van der Waals surface area contributed by atoms with Crippen LogP contribution in [0.5, 0.6) is 0 Å². The zero-order valence-electron chi connectivity index (χ0n) is 20.4. The molecule has 1 aliphatic carbocycles. The molecule has 0 radical (unpaired) electrons. The molecule has 2 saturated heterocycles. The molecular formula is C26H32F2IN5O2. The van der Waals surface area contributed by atoms with Gasteiger partial charge in [-0.2, -0.15) is 0 Å². The lowest BCUT2D eigenvalue weighted by atomic mass is 9.91. The number of aliphatic hydroxyl groups is 1. The number of primary amides is 1. The Hall–Kier alpha value is -2.08. The third kappa shape index (κ3) is 5.29. The summed E-state index contributed by atoms with van der Waals surface area (Å²) in [4.78, 5) is 25.4. The van der Waals surface area contributed by atoms with Gasteiger partial charge in [-0.1, -0.05) is 0 Å². The summed E-state index contributed by atoms with van der Waals surface area (Å²) in [5, 5.41) is 11.3. The Bertz CT molecular complexity index is 1150. The fraction of sp³-hybridized carbons (Fsp3) is 0.577. The second-order valence-electron chi connectivity index (χ2n) is 10.6. The molecule has 0 bridgehead atoms. The van der Waals surface area contributed by atoms with Crippen molar-refractivity contribution >= 4 is 40.1 Å². The van der Waals surface area contributed by atoms with Gasteiger partial charge >= 0.3 is 0 Å². The van der Waals surface area contributed by atoms with E-state index in [4.69, 9.17) is 5.73 Å². The molecule has 1 spiro atoms. The normalized spacial score (nSPS) is 21.5. The van der Waals surface area contributed by atoms with Gasteiger partial charge in [0.25, 0.3) is 11.8 Å².